The van der Waals surface area contributed by atoms with Crippen molar-refractivity contribution in [3.8, 4) is 11.5 Å². The van der Waals surface area contributed by atoms with Gasteiger partial charge in [0.15, 0.2) is 0 Å². The first-order chi connectivity index (χ1) is 6.63. The molecule has 0 atom stereocenters. The van der Waals surface area contributed by atoms with E-state index in [1.165, 1.54) is 6.07 Å². The van der Waals surface area contributed by atoms with Crippen molar-refractivity contribution in [2.75, 3.05) is 20.1 Å². The first-order valence-corrected chi connectivity index (χ1v) is 4.84. The number of benzene rings is 1. The van der Waals surface area contributed by atoms with Gasteiger partial charge in [-0.2, -0.15) is 0 Å². The Balaban J connectivity index is 2.02. The third-order valence-electron chi connectivity index (χ3n) is 2.63. The molecule has 0 unspecified atom stereocenters. The summed E-state index contributed by atoms with van der Waals surface area (Å²) in [5.74, 6) is 0.960. The van der Waals surface area contributed by atoms with Crippen molar-refractivity contribution in [2.24, 2.45) is 5.92 Å². The normalized spacial score (nSPS) is 18.1. The van der Waals surface area contributed by atoms with Gasteiger partial charge in [-0.3, -0.25) is 0 Å². The van der Waals surface area contributed by atoms with E-state index < -0.39 is 0 Å². The van der Waals surface area contributed by atoms with Crippen LogP contribution < -0.4 is 0 Å². The Morgan fingerprint density at radius 1 is 1.21 bits per heavy atom. The second-order valence-corrected chi connectivity index (χ2v) is 4.15. The van der Waals surface area contributed by atoms with E-state index in [9.17, 15) is 10.2 Å². The van der Waals surface area contributed by atoms with Crippen molar-refractivity contribution in [3.05, 3.63) is 23.8 Å². The van der Waals surface area contributed by atoms with E-state index in [-0.39, 0.29) is 11.5 Å². The van der Waals surface area contributed by atoms with Crippen molar-refractivity contribution in [3.63, 3.8) is 0 Å². The number of nitrogens with zero attached hydrogens (tertiary/aromatic N) is 1. The maximum atomic E-state index is 9.28. The fourth-order valence-corrected chi connectivity index (χ4v) is 2.06. The summed E-state index contributed by atoms with van der Waals surface area (Å²) in [6.07, 6.45) is 0.937. The molecule has 14 heavy (non-hydrogen) atoms. The van der Waals surface area contributed by atoms with E-state index in [2.05, 4.69) is 11.9 Å². The Labute approximate surface area is 83.6 Å². The Morgan fingerprint density at radius 3 is 2.29 bits per heavy atom. The number of hydrogen-bond acceptors (Lipinski definition) is 3. The summed E-state index contributed by atoms with van der Waals surface area (Å²) in [7, 11) is 2.09. The molecular formula is C11H15NO2. The molecule has 3 heteroatoms. The molecule has 2 rings (SSSR count). The lowest BCUT2D eigenvalue weighted by molar-refractivity contribution is 0.134. The number of phenolic OH excluding ortho intramolecular Hbond substituents is 2. The van der Waals surface area contributed by atoms with Crippen LogP contribution in [0.15, 0.2) is 18.2 Å². The van der Waals surface area contributed by atoms with E-state index in [0.29, 0.717) is 5.92 Å². The van der Waals surface area contributed by atoms with Gasteiger partial charge in [0, 0.05) is 19.2 Å². The average Bonchev–Trinajstić information content (AvgIpc) is 1.99. The number of hydrogen-bond donors (Lipinski definition) is 2. The van der Waals surface area contributed by atoms with Crippen LogP contribution in [0, 0.1) is 5.92 Å². The molecule has 0 bridgehead atoms. The van der Waals surface area contributed by atoms with Crippen LogP contribution in [0.3, 0.4) is 0 Å². The summed E-state index contributed by atoms with van der Waals surface area (Å²) in [6.45, 7) is 2.22. The minimum atomic E-state index is 0.146. The highest BCUT2D eigenvalue weighted by Gasteiger charge is 2.23. The second-order valence-electron chi connectivity index (χ2n) is 4.15. The van der Waals surface area contributed by atoms with Gasteiger partial charge in [-0.1, -0.05) is 0 Å². The Bertz CT molecular complexity index is 312. The monoisotopic (exact) mass is 193 g/mol. The van der Waals surface area contributed by atoms with Crippen LogP contribution in [0.4, 0.5) is 0 Å². The molecule has 0 spiro atoms. The van der Waals surface area contributed by atoms with E-state index in [1.54, 1.807) is 12.1 Å². The molecule has 1 fully saturated rings. The zero-order valence-corrected chi connectivity index (χ0v) is 8.27. The van der Waals surface area contributed by atoms with Gasteiger partial charge in [-0.05, 0) is 37.1 Å². The molecule has 0 amide bonds. The molecule has 1 aromatic carbocycles. The van der Waals surface area contributed by atoms with Gasteiger partial charge < -0.3 is 15.1 Å². The fourth-order valence-electron chi connectivity index (χ4n) is 2.06. The molecule has 0 aliphatic carbocycles. The fraction of sp³-hybridized carbons (Fsp3) is 0.455. The lowest BCUT2D eigenvalue weighted by atomic mass is 9.93. The van der Waals surface area contributed by atoms with Crippen molar-refractivity contribution in [1.82, 2.24) is 4.90 Å². The highest BCUT2D eigenvalue weighted by molar-refractivity contribution is 5.36. The molecular weight excluding hydrogens is 178 g/mol. The number of likely N-dealkylation sites (tertiary alicyclic amines) is 1. The lowest BCUT2D eigenvalue weighted by Crippen LogP contribution is -2.44. The maximum Gasteiger partial charge on any atom is 0.119 e. The molecule has 3 nitrogen and oxygen atoms in total. The molecule has 1 aliphatic rings. The smallest absolute Gasteiger partial charge is 0.119 e. The van der Waals surface area contributed by atoms with Crippen molar-refractivity contribution in [2.45, 2.75) is 6.42 Å². The van der Waals surface area contributed by atoms with Crippen molar-refractivity contribution >= 4 is 0 Å². The quantitative estimate of drug-likeness (QED) is 0.741. The van der Waals surface area contributed by atoms with Gasteiger partial charge in [0.2, 0.25) is 0 Å². The van der Waals surface area contributed by atoms with Crippen LogP contribution in [0.25, 0.3) is 0 Å². The third-order valence-corrected chi connectivity index (χ3v) is 2.63. The van der Waals surface area contributed by atoms with E-state index in [0.717, 1.165) is 25.1 Å². The molecule has 1 aromatic rings. The Kier molecular flexibility index (Phi) is 2.33. The van der Waals surface area contributed by atoms with E-state index >= 15 is 0 Å². The van der Waals surface area contributed by atoms with Crippen LogP contribution in [-0.2, 0) is 6.42 Å². The highest BCUT2D eigenvalue weighted by Crippen LogP contribution is 2.25. The zero-order valence-electron chi connectivity index (χ0n) is 8.27. The summed E-state index contributed by atoms with van der Waals surface area (Å²) in [5.41, 5.74) is 1.01. The van der Waals surface area contributed by atoms with E-state index in [1.807, 2.05) is 0 Å². The van der Waals surface area contributed by atoms with Gasteiger partial charge in [-0.25, -0.2) is 0 Å². The Morgan fingerprint density at radius 2 is 1.79 bits per heavy atom. The molecule has 76 valence electrons. The number of phenols is 2. The Hall–Kier alpha value is -1.22. The van der Waals surface area contributed by atoms with Gasteiger partial charge >= 0.3 is 0 Å². The predicted molar refractivity (Wildman–Crippen MR) is 54.5 cm³/mol. The van der Waals surface area contributed by atoms with Crippen molar-refractivity contribution in [1.29, 1.82) is 0 Å². The van der Waals surface area contributed by atoms with Crippen LogP contribution in [0.2, 0.25) is 0 Å². The summed E-state index contributed by atoms with van der Waals surface area (Å²) in [4.78, 5) is 2.26. The number of rotatable bonds is 2. The maximum absolute atomic E-state index is 9.28. The summed E-state index contributed by atoms with van der Waals surface area (Å²) in [6, 6.07) is 4.80. The van der Waals surface area contributed by atoms with Crippen molar-refractivity contribution < 1.29 is 10.2 Å². The predicted octanol–water partition coefficient (Wildman–Crippen LogP) is 1.20. The standard InChI is InChI=1S/C11H15NO2/c1-12-6-9(7-12)2-8-3-10(13)5-11(14)4-8/h3-5,9,13-14H,2,6-7H2,1H3. The van der Waals surface area contributed by atoms with Crippen LogP contribution in [-0.4, -0.2) is 35.3 Å². The molecule has 0 aromatic heterocycles. The third kappa shape index (κ3) is 1.99. The molecule has 1 heterocycles. The topological polar surface area (TPSA) is 43.7 Å². The SMILES string of the molecule is CN1CC(Cc2cc(O)cc(O)c2)C1. The largest absolute Gasteiger partial charge is 0.508 e. The molecule has 2 N–H and O–H groups in total. The van der Waals surface area contributed by atoms with Crippen LogP contribution in [0.5, 0.6) is 11.5 Å². The lowest BCUT2D eigenvalue weighted by Gasteiger charge is -2.36. The summed E-state index contributed by atoms with van der Waals surface area (Å²) < 4.78 is 0. The van der Waals surface area contributed by atoms with Gasteiger partial charge in [0.25, 0.3) is 0 Å². The molecule has 1 aliphatic heterocycles. The van der Waals surface area contributed by atoms with E-state index in [4.69, 9.17) is 0 Å². The first kappa shape index (κ1) is 9.34. The highest BCUT2D eigenvalue weighted by atomic mass is 16.3. The average molecular weight is 193 g/mol. The molecule has 1 saturated heterocycles. The molecule has 0 radical (unpaired) electrons. The summed E-state index contributed by atoms with van der Waals surface area (Å²) >= 11 is 0. The number of aromatic hydroxyl groups is 2. The summed E-state index contributed by atoms with van der Waals surface area (Å²) in [5, 5.41) is 18.6. The van der Waals surface area contributed by atoms with Crippen LogP contribution in [0.1, 0.15) is 5.56 Å². The zero-order chi connectivity index (χ0) is 10.1. The minimum Gasteiger partial charge on any atom is -0.508 e. The second kappa shape index (κ2) is 3.50. The van der Waals surface area contributed by atoms with Gasteiger partial charge in [-0.15, -0.1) is 0 Å². The minimum absolute atomic E-state index is 0.146. The van der Waals surface area contributed by atoms with Gasteiger partial charge in [0.05, 0.1) is 0 Å². The van der Waals surface area contributed by atoms with Crippen LogP contribution >= 0.6 is 0 Å². The first-order valence-electron chi connectivity index (χ1n) is 4.84. The van der Waals surface area contributed by atoms with Gasteiger partial charge in [0.1, 0.15) is 11.5 Å². The molecule has 0 saturated carbocycles.